The summed E-state index contributed by atoms with van der Waals surface area (Å²) in [7, 11) is 0. The van der Waals surface area contributed by atoms with Gasteiger partial charge < -0.3 is 15.0 Å². The van der Waals surface area contributed by atoms with E-state index in [0.717, 1.165) is 0 Å². The van der Waals surface area contributed by atoms with E-state index in [9.17, 15) is 4.79 Å². The Morgan fingerprint density at radius 2 is 1.86 bits per heavy atom. The molecule has 1 N–H and O–H groups in total. The Morgan fingerprint density at radius 3 is 2.45 bits per heavy atom. The normalized spacial score (nSPS) is 10.1. The van der Waals surface area contributed by atoms with Crippen molar-refractivity contribution in [3.8, 4) is 11.6 Å². The first kappa shape index (κ1) is 16.1. The van der Waals surface area contributed by atoms with Gasteiger partial charge in [0.15, 0.2) is 0 Å². The highest BCUT2D eigenvalue weighted by Crippen LogP contribution is 2.22. The van der Waals surface area contributed by atoms with Crippen LogP contribution in [0.2, 0.25) is 5.15 Å². The predicted octanol–water partition coefficient (Wildman–Crippen LogP) is 4.40. The highest BCUT2D eigenvalue weighted by atomic mass is 35.5. The number of rotatable bonds is 5. The number of aromatic nitrogens is 1. The molecular weight excluding hydrogens is 302 g/mol. The largest absolute Gasteiger partial charge is 0.439 e. The summed E-state index contributed by atoms with van der Waals surface area (Å²) >= 11 is 5.81. The molecule has 0 saturated heterocycles. The first-order valence-corrected chi connectivity index (χ1v) is 7.46. The van der Waals surface area contributed by atoms with Gasteiger partial charge in [-0.05, 0) is 44.2 Å². The third kappa shape index (κ3) is 4.36. The van der Waals surface area contributed by atoms with Crippen LogP contribution in [-0.2, 0) is 0 Å². The van der Waals surface area contributed by atoms with Crippen LogP contribution in [0.15, 0.2) is 42.5 Å². The maximum absolute atomic E-state index is 11.9. The van der Waals surface area contributed by atoms with Crippen LogP contribution >= 0.6 is 11.6 Å². The van der Waals surface area contributed by atoms with Crippen molar-refractivity contribution in [3.63, 3.8) is 0 Å². The van der Waals surface area contributed by atoms with Crippen LogP contribution in [0.25, 0.3) is 0 Å². The van der Waals surface area contributed by atoms with E-state index in [1.807, 2.05) is 13.8 Å². The Bertz CT molecular complexity index is 628. The Morgan fingerprint density at radius 1 is 1.18 bits per heavy atom. The quantitative estimate of drug-likeness (QED) is 0.831. The van der Waals surface area contributed by atoms with Gasteiger partial charge in [-0.2, -0.15) is 0 Å². The zero-order valence-electron chi connectivity index (χ0n) is 12.5. The van der Waals surface area contributed by atoms with E-state index in [4.69, 9.17) is 16.3 Å². The fourth-order valence-electron chi connectivity index (χ4n) is 1.89. The third-order valence-electron chi connectivity index (χ3n) is 3.07. The van der Waals surface area contributed by atoms with Gasteiger partial charge >= 0.3 is 6.03 Å². The SMILES string of the molecule is CCN(CC)C(=O)Nc1ccc(Oc2cccc(Cl)n2)cc1. The standard InChI is InChI=1S/C16H18ClN3O2/c1-3-20(4-2)16(21)18-12-8-10-13(11-9-12)22-15-7-5-6-14(17)19-15/h5-11H,3-4H2,1-2H3,(H,18,21). The molecule has 0 aliphatic carbocycles. The van der Waals surface area contributed by atoms with E-state index in [-0.39, 0.29) is 6.03 Å². The molecule has 0 fully saturated rings. The van der Waals surface area contributed by atoms with Crippen molar-refractivity contribution in [2.24, 2.45) is 0 Å². The van der Waals surface area contributed by atoms with Crippen LogP contribution < -0.4 is 10.1 Å². The molecular formula is C16H18ClN3O2. The number of nitrogens with one attached hydrogen (secondary N) is 1. The highest BCUT2D eigenvalue weighted by Gasteiger charge is 2.09. The van der Waals surface area contributed by atoms with Gasteiger partial charge in [0.1, 0.15) is 10.9 Å². The monoisotopic (exact) mass is 319 g/mol. The Kier molecular flexibility index (Phi) is 5.61. The molecule has 0 unspecified atom stereocenters. The van der Waals surface area contributed by atoms with Crippen molar-refractivity contribution < 1.29 is 9.53 Å². The third-order valence-corrected chi connectivity index (χ3v) is 3.28. The molecule has 2 aromatic rings. The fraction of sp³-hybridized carbons (Fsp3) is 0.250. The zero-order chi connectivity index (χ0) is 15.9. The minimum atomic E-state index is -0.116. The van der Waals surface area contributed by atoms with Crippen molar-refractivity contribution >= 4 is 23.3 Å². The molecule has 6 heteroatoms. The first-order chi connectivity index (χ1) is 10.6. The minimum absolute atomic E-state index is 0.116. The molecule has 0 saturated carbocycles. The molecule has 5 nitrogen and oxygen atoms in total. The molecule has 1 aromatic heterocycles. The number of nitrogens with zero attached hydrogens (tertiary/aromatic N) is 2. The summed E-state index contributed by atoms with van der Waals surface area (Å²) in [6.07, 6.45) is 0. The van der Waals surface area contributed by atoms with E-state index in [1.54, 1.807) is 47.4 Å². The van der Waals surface area contributed by atoms with E-state index in [1.165, 1.54) is 0 Å². The predicted molar refractivity (Wildman–Crippen MR) is 87.7 cm³/mol. The second kappa shape index (κ2) is 7.66. The van der Waals surface area contributed by atoms with Gasteiger partial charge in [0.25, 0.3) is 0 Å². The van der Waals surface area contributed by atoms with Gasteiger partial charge in [-0.25, -0.2) is 9.78 Å². The second-order valence-electron chi connectivity index (χ2n) is 4.53. The Hall–Kier alpha value is -2.27. The van der Waals surface area contributed by atoms with Gasteiger partial charge in [0.2, 0.25) is 5.88 Å². The van der Waals surface area contributed by atoms with E-state index < -0.39 is 0 Å². The maximum atomic E-state index is 11.9. The molecule has 0 aliphatic rings. The van der Waals surface area contributed by atoms with Crippen molar-refractivity contribution in [1.29, 1.82) is 0 Å². The van der Waals surface area contributed by atoms with Crippen molar-refractivity contribution in [2.45, 2.75) is 13.8 Å². The smallest absolute Gasteiger partial charge is 0.321 e. The summed E-state index contributed by atoms with van der Waals surface area (Å²) < 4.78 is 5.59. The van der Waals surface area contributed by atoms with E-state index >= 15 is 0 Å². The minimum Gasteiger partial charge on any atom is -0.439 e. The number of pyridine rings is 1. The van der Waals surface area contributed by atoms with Crippen LogP contribution in [0.1, 0.15) is 13.8 Å². The summed E-state index contributed by atoms with van der Waals surface area (Å²) in [5.74, 6) is 1.04. The molecule has 1 heterocycles. The van der Waals surface area contributed by atoms with E-state index in [2.05, 4.69) is 10.3 Å². The number of amides is 2. The van der Waals surface area contributed by atoms with E-state index in [0.29, 0.717) is 35.6 Å². The number of benzene rings is 1. The summed E-state index contributed by atoms with van der Waals surface area (Å²) in [4.78, 5) is 17.7. The molecule has 0 bridgehead atoms. The van der Waals surface area contributed by atoms with Crippen molar-refractivity contribution in [2.75, 3.05) is 18.4 Å². The first-order valence-electron chi connectivity index (χ1n) is 7.08. The van der Waals surface area contributed by atoms with Gasteiger partial charge in [0.05, 0.1) is 0 Å². The average molecular weight is 320 g/mol. The molecule has 0 radical (unpaired) electrons. The molecule has 0 spiro atoms. The molecule has 116 valence electrons. The Balaban J connectivity index is 2.00. The van der Waals surface area contributed by atoms with Crippen LogP contribution in [0, 0.1) is 0 Å². The lowest BCUT2D eigenvalue weighted by Gasteiger charge is -2.19. The van der Waals surface area contributed by atoms with Gasteiger partial charge in [-0.15, -0.1) is 0 Å². The molecule has 0 atom stereocenters. The van der Waals surface area contributed by atoms with Gasteiger partial charge in [-0.1, -0.05) is 17.7 Å². The molecule has 0 aliphatic heterocycles. The number of carbonyl (C=O) groups is 1. The lowest BCUT2D eigenvalue weighted by atomic mass is 10.3. The average Bonchev–Trinajstić information content (AvgIpc) is 2.50. The topological polar surface area (TPSA) is 54.5 Å². The maximum Gasteiger partial charge on any atom is 0.321 e. The fourth-order valence-corrected chi connectivity index (χ4v) is 2.04. The number of carbonyl (C=O) groups excluding carboxylic acids is 1. The van der Waals surface area contributed by atoms with Crippen LogP contribution in [-0.4, -0.2) is 29.0 Å². The van der Waals surface area contributed by atoms with Crippen molar-refractivity contribution in [1.82, 2.24) is 9.88 Å². The molecule has 2 amide bonds. The number of halogens is 1. The van der Waals surface area contributed by atoms with Crippen LogP contribution in [0.3, 0.4) is 0 Å². The lowest BCUT2D eigenvalue weighted by molar-refractivity contribution is 0.217. The highest BCUT2D eigenvalue weighted by molar-refractivity contribution is 6.29. The van der Waals surface area contributed by atoms with Crippen LogP contribution in [0.5, 0.6) is 11.6 Å². The number of anilines is 1. The summed E-state index contributed by atoms with van der Waals surface area (Å²) in [5.41, 5.74) is 0.711. The number of hydrogen-bond donors (Lipinski definition) is 1. The van der Waals surface area contributed by atoms with Gasteiger partial charge in [-0.3, -0.25) is 0 Å². The van der Waals surface area contributed by atoms with Gasteiger partial charge in [0, 0.05) is 24.8 Å². The number of urea groups is 1. The zero-order valence-corrected chi connectivity index (χ0v) is 13.3. The summed E-state index contributed by atoms with van der Waals surface area (Å²) in [6.45, 7) is 5.23. The summed E-state index contributed by atoms with van der Waals surface area (Å²) in [6, 6.07) is 12.1. The summed E-state index contributed by atoms with van der Waals surface area (Å²) in [5, 5.41) is 3.21. The van der Waals surface area contributed by atoms with Crippen molar-refractivity contribution in [3.05, 3.63) is 47.6 Å². The molecule has 22 heavy (non-hydrogen) atoms. The lowest BCUT2D eigenvalue weighted by Crippen LogP contribution is -2.34. The Labute approximate surface area is 134 Å². The second-order valence-corrected chi connectivity index (χ2v) is 4.91. The van der Waals surface area contributed by atoms with Crippen LogP contribution in [0.4, 0.5) is 10.5 Å². The molecule has 2 rings (SSSR count). The number of hydrogen-bond acceptors (Lipinski definition) is 3. The number of ether oxygens (including phenoxy) is 1. The molecule has 1 aromatic carbocycles.